The third-order valence-electron chi connectivity index (χ3n) is 2.38. The molecule has 3 atom stereocenters. The zero-order valence-electron chi connectivity index (χ0n) is 8.53. The summed E-state index contributed by atoms with van der Waals surface area (Å²) in [5.74, 6) is 0. The van der Waals surface area contributed by atoms with Crippen molar-refractivity contribution in [2.75, 3.05) is 13.2 Å². The van der Waals surface area contributed by atoms with Crippen LogP contribution in [-0.4, -0.2) is 36.6 Å². The molecule has 1 rings (SSSR count). The Bertz CT molecular complexity index is 138. The maximum Gasteiger partial charge on any atom is 0.0838 e. The van der Waals surface area contributed by atoms with E-state index < -0.39 is 0 Å². The van der Waals surface area contributed by atoms with Gasteiger partial charge in [0, 0.05) is 6.61 Å². The third-order valence-corrected chi connectivity index (χ3v) is 2.38. The van der Waals surface area contributed by atoms with Crippen molar-refractivity contribution in [2.24, 2.45) is 0 Å². The fraction of sp³-hybridized carbons (Fsp3) is 1.00. The van der Waals surface area contributed by atoms with Gasteiger partial charge in [0.25, 0.3) is 0 Å². The summed E-state index contributed by atoms with van der Waals surface area (Å²) in [4.78, 5) is 0. The summed E-state index contributed by atoms with van der Waals surface area (Å²) in [5, 5.41) is 9.50. The van der Waals surface area contributed by atoms with Crippen LogP contribution in [0.5, 0.6) is 0 Å². The van der Waals surface area contributed by atoms with Crippen molar-refractivity contribution in [3.8, 4) is 0 Å². The molecule has 0 heterocycles. The highest BCUT2D eigenvalue weighted by atomic mass is 16.5. The van der Waals surface area contributed by atoms with Crippen LogP contribution in [0.3, 0.4) is 0 Å². The molecule has 0 amide bonds. The van der Waals surface area contributed by atoms with Crippen LogP contribution in [0.1, 0.15) is 33.1 Å². The lowest BCUT2D eigenvalue weighted by molar-refractivity contribution is -0.0810. The Morgan fingerprint density at radius 2 is 2.23 bits per heavy atom. The van der Waals surface area contributed by atoms with Gasteiger partial charge in [-0.25, -0.2) is 0 Å². The molecular formula is C10H20O3. The van der Waals surface area contributed by atoms with Crippen LogP contribution in [-0.2, 0) is 9.47 Å². The SMILES string of the molecule is CCOCC(C)OC1CCCC1O. The Hall–Kier alpha value is -0.120. The first-order valence-corrected chi connectivity index (χ1v) is 5.15. The lowest BCUT2D eigenvalue weighted by atomic mass is 10.2. The van der Waals surface area contributed by atoms with E-state index >= 15 is 0 Å². The van der Waals surface area contributed by atoms with Crippen molar-refractivity contribution in [3.63, 3.8) is 0 Å². The molecule has 3 nitrogen and oxygen atoms in total. The number of aliphatic hydroxyl groups excluding tert-OH is 1. The van der Waals surface area contributed by atoms with E-state index in [-0.39, 0.29) is 18.3 Å². The molecule has 3 unspecified atom stereocenters. The van der Waals surface area contributed by atoms with E-state index in [1.165, 1.54) is 0 Å². The number of ether oxygens (including phenoxy) is 2. The van der Waals surface area contributed by atoms with E-state index in [9.17, 15) is 5.11 Å². The highest BCUT2D eigenvalue weighted by Crippen LogP contribution is 2.22. The summed E-state index contributed by atoms with van der Waals surface area (Å²) in [6.07, 6.45) is 2.81. The van der Waals surface area contributed by atoms with Gasteiger partial charge >= 0.3 is 0 Å². The van der Waals surface area contributed by atoms with Crippen LogP contribution in [0.25, 0.3) is 0 Å². The second-order valence-corrected chi connectivity index (χ2v) is 3.64. The van der Waals surface area contributed by atoms with E-state index in [4.69, 9.17) is 9.47 Å². The average molecular weight is 188 g/mol. The molecule has 0 aromatic heterocycles. The predicted molar refractivity (Wildman–Crippen MR) is 50.7 cm³/mol. The zero-order valence-corrected chi connectivity index (χ0v) is 8.53. The van der Waals surface area contributed by atoms with Gasteiger partial charge in [0.15, 0.2) is 0 Å². The van der Waals surface area contributed by atoms with Gasteiger partial charge in [-0.15, -0.1) is 0 Å². The van der Waals surface area contributed by atoms with E-state index in [0.717, 1.165) is 25.9 Å². The molecule has 0 saturated heterocycles. The minimum atomic E-state index is -0.260. The Morgan fingerprint density at radius 1 is 1.46 bits per heavy atom. The first-order chi connectivity index (χ1) is 6.24. The van der Waals surface area contributed by atoms with Gasteiger partial charge in [-0.05, 0) is 33.1 Å². The molecular weight excluding hydrogens is 168 g/mol. The fourth-order valence-electron chi connectivity index (χ4n) is 1.69. The van der Waals surface area contributed by atoms with E-state index in [1.54, 1.807) is 0 Å². The smallest absolute Gasteiger partial charge is 0.0838 e. The van der Waals surface area contributed by atoms with Crippen molar-refractivity contribution in [3.05, 3.63) is 0 Å². The van der Waals surface area contributed by atoms with Crippen LogP contribution in [0, 0.1) is 0 Å². The molecule has 13 heavy (non-hydrogen) atoms. The van der Waals surface area contributed by atoms with Crippen LogP contribution >= 0.6 is 0 Å². The van der Waals surface area contributed by atoms with Crippen LogP contribution in [0.15, 0.2) is 0 Å². The topological polar surface area (TPSA) is 38.7 Å². The minimum Gasteiger partial charge on any atom is -0.390 e. The number of hydrogen-bond acceptors (Lipinski definition) is 3. The van der Waals surface area contributed by atoms with E-state index in [0.29, 0.717) is 6.61 Å². The molecule has 1 aliphatic carbocycles. The van der Waals surface area contributed by atoms with Gasteiger partial charge in [-0.1, -0.05) is 0 Å². The maximum atomic E-state index is 9.50. The van der Waals surface area contributed by atoms with E-state index in [2.05, 4.69) is 0 Å². The molecule has 0 spiro atoms. The molecule has 0 bridgehead atoms. The normalized spacial score (nSPS) is 30.7. The highest BCUT2D eigenvalue weighted by Gasteiger charge is 2.27. The summed E-state index contributed by atoms with van der Waals surface area (Å²) in [5.41, 5.74) is 0. The number of aliphatic hydroxyl groups is 1. The molecule has 0 radical (unpaired) electrons. The van der Waals surface area contributed by atoms with Crippen molar-refractivity contribution in [2.45, 2.75) is 51.4 Å². The van der Waals surface area contributed by atoms with Crippen molar-refractivity contribution in [1.82, 2.24) is 0 Å². The molecule has 1 N–H and O–H groups in total. The van der Waals surface area contributed by atoms with Gasteiger partial charge < -0.3 is 14.6 Å². The lowest BCUT2D eigenvalue weighted by Gasteiger charge is -2.20. The van der Waals surface area contributed by atoms with Crippen molar-refractivity contribution >= 4 is 0 Å². The maximum absolute atomic E-state index is 9.50. The molecule has 0 aromatic rings. The number of hydrogen-bond donors (Lipinski definition) is 1. The fourth-order valence-corrected chi connectivity index (χ4v) is 1.69. The summed E-state index contributed by atoms with van der Waals surface area (Å²) >= 11 is 0. The van der Waals surface area contributed by atoms with Gasteiger partial charge in [0.1, 0.15) is 0 Å². The molecule has 0 aliphatic heterocycles. The summed E-state index contributed by atoms with van der Waals surface area (Å²) < 4.78 is 10.9. The van der Waals surface area contributed by atoms with Gasteiger partial charge in [-0.2, -0.15) is 0 Å². The Labute approximate surface area is 80.0 Å². The predicted octanol–water partition coefficient (Wildman–Crippen LogP) is 1.34. The van der Waals surface area contributed by atoms with E-state index in [1.807, 2.05) is 13.8 Å². The second-order valence-electron chi connectivity index (χ2n) is 3.64. The van der Waals surface area contributed by atoms with Gasteiger partial charge in [0.05, 0.1) is 24.9 Å². The molecule has 0 aromatic carbocycles. The first-order valence-electron chi connectivity index (χ1n) is 5.15. The molecule has 1 aliphatic rings. The molecule has 3 heteroatoms. The quantitative estimate of drug-likeness (QED) is 0.707. The standard InChI is InChI=1S/C10H20O3/c1-3-12-7-8(2)13-10-6-4-5-9(10)11/h8-11H,3-7H2,1-2H3. The van der Waals surface area contributed by atoms with Crippen LogP contribution in [0.2, 0.25) is 0 Å². The summed E-state index contributed by atoms with van der Waals surface area (Å²) in [7, 11) is 0. The van der Waals surface area contributed by atoms with Crippen molar-refractivity contribution < 1.29 is 14.6 Å². The first kappa shape index (κ1) is 11.0. The lowest BCUT2D eigenvalue weighted by Crippen LogP contribution is -2.29. The Morgan fingerprint density at radius 3 is 2.77 bits per heavy atom. The Kier molecular flexibility index (Phi) is 4.70. The largest absolute Gasteiger partial charge is 0.390 e. The zero-order chi connectivity index (χ0) is 9.68. The molecule has 1 fully saturated rings. The van der Waals surface area contributed by atoms with Gasteiger partial charge in [0.2, 0.25) is 0 Å². The monoisotopic (exact) mass is 188 g/mol. The summed E-state index contributed by atoms with van der Waals surface area (Å²) in [6, 6.07) is 0. The second kappa shape index (κ2) is 5.58. The third kappa shape index (κ3) is 3.63. The van der Waals surface area contributed by atoms with Crippen LogP contribution < -0.4 is 0 Å². The Balaban J connectivity index is 2.15. The molecule has 78 valence electrons. The van der Waals surface area contributed by atoms with Crippen molar-refractivity contribution in [1.29, 1.82) is 0 Å². The number of rotatable bonds is 5. The van der Waals surface area contributed by atoms with Gasteiger partial charge in [-0.3, -0.25) is 0 Å². The highest BCUT2D eigenvalue weighted by molar-refractivity contribution is 4.77. The summed E-state index contributed by atoms with van der Waals surface area (Å²) in [6.45, 7) is 5.30. The minimum absolute atomic E-state index is 0.0375. The average Bonchev–Trinajstić information content (AvgIpc) is 2.48. The molecule has 1 saturated carbocycles. The van der Waals surface area contributed by atoms with Crippen LogP contribution in [0.4, 0.5) is 0 Å².